The number of hydrogen-bond acceptors (Lipinski definition) is 2. The Hall–Kier alpha value is -0.800. The number of hydrogen-bond donors (Lipinski definition) is 1. The summed E-state index contributed by atoms with van der Waals surface area (Å²) < 4.78 is 0. The highest BCUT2D eigenvalue weighted by Gasteiger charge is 2.18. The predicted octanol–water partition coefficient (Wildman–Crippen LogP) is 4.34. The van der Waals surface area contributed by atoms with E-state index in [0.717, 1.165) is 12.1 Å². The third-order valence-electron chi connectivity index (χ3n) is 2.47. The molecule has 5 heteroatoms. The lowest BCUT2D eigenvalue weighted by atomic mass is 9.89. The van der Waals surface area contributed by atoms with Gasteiger partial charge in [-0.2, -0.15) is 0 Å². The molecular weight excluding hydrogens is 285 g/mol. The van der Waals surface area contributed by atoms with Gasteiger partial charge in [-0.3, -0.25) is 4.98 Å². The number of halogens is 2. The normalized spacial score (nSPS) is 10.6. The third kappa shape index (κ3) is 6.26. The highest BCUT2D eigenvalue weighted by Crippen LogP contribution is 2.23. The molecule has 0 radical (unpaired) electrons. The first kappa shape index (κ1) is 20.5. The Labute approximate surface area is 127 Å². The zero-order valence-electron chi connectivity index (χ0n) is 12.1. The van der Waals surface area contributed by atoms with E-state index in [2.05, 4.69) is 25.8 Å². The topological polar surface area (TPSA) is 50.2 Å². The molecule has 0 amide bonds. The zero-order chi connectivity index (χ0) is 13.2. The summed E-state index contributed by atoms with van der Waals surface area (Å²) in [5.41, 5.74) is 2.12. The van der Waals surface area contributed by atoms with Gasteiger partial charge in [-0.05, 0) is 29.9 Å². The molecule has 0 spiro atoms. The molecule has 0 bridgehead atoms. The summed E-state index contributed by atoms with van der Waals surface area (Å²) in [6.07, 6.45) is 0.854. The van der Waals surface area contributed by atoms with Crippen molar-refractivity contribution in [1.29, 1.82) is 0 Å². The molecule has 0 aliphatic heterocycles. The molecule has 1 heterocycles. The van der Waals surface area contributed by atoms with Crippen LogP contribution >= 0.6 is 24.8 Å². The van der Waals surface area contributed by atoms with E-state index < -0.39 is 5.97 Å². The molecule has 0 aliphatic rings. The minimum Gasteiger partial charge on any atom is -0.478 e. The first-order valence-electron chi connectivity index (χ1n) is 5.94. The second-order valence-corrected chi connectivity index (χ2v) is 5.93. The summed E-state index contributed by atoms with van der Waals surface area (Å²) in [5.74, 6) is -0.774. The number of nitrogens with zero attached hydrogens (tertiary/aromatic N) is 1. The predicted molar refractivity (Wildman–Crippen MR) is 82.9 cm³/mol. The largest absolute Gasteiger partial charge is 0.478 e. The van der Waals surface area contributed by atoms with E-state index in [-0.39, 0.29) is 36.1 Å². The van der Waals surface area contributed by atoms with Gasteiger partial charge >= 0.3 is 5.97 Å². The van der Waals surface area contributed by atoms with Crippen LogP contribution in [-0.4, -0.2) is 16.1 Å². The molecule has 19 heavy (non-hydrogen) atoms. The molecular formula is C14H23Cl2NO2. The van der Waals surface area contributed by atoms with E-state index in [1.54, 1.807) is 6.07 Å². The molecule has 0 aromatic carbocycles. The smallest absolute Gasteiger partial charge is 0.337 e. The van der Waals surface area contributed by atoms with Crippen LogP contribution in [0.3, 0.4) is 0 Å². The van der Waals surface area contributed by atoms with Crippen molar-refractivity contribution in [3.63, 3.8) is 0 Å². The van der Waals surface area contributed by atoms with E-state index in [1.807, 2.05) is 19.9 Å². The summed E-state index contributed by atoms with van der Waals surface area (Å²) in [7, 11) is 0. The maximum atomic E-state index is 11.1. The van der Waals surface area contributed by atoms with Crippen molar-refractivity contribution in [3.05, 3.63) is 29.1 Å². The van der Waals surface area contributed by atoms with Gasteiger partial charge < -0.3 is 5.11 Å². The summed E-state index contributed by atoms with van der Waals surface area (Å²) in [4.78, 5) is 15.6. The lowest BCUT2D eigenvalue weighted by Gasteiger charge is -2.19. The monoisotopic (exact) mass is 307 g/mol. The van der Waals surface area contributed by atoms with Gasteiger partial charge in [-0.15, -0.1) is 24.8 Å². The maximum absolute atomic E-state index is 11.1. The zero-order valence-corrected chi connectivity index (χ0v) is 13.7. The van der Waals surface area contributed by atoms with Crippen molar-refractivity contribution in [3.8, 4) is 0 Å². The van der Waals surface area contributed by atoms with Crippen LogP contribution in [0.2, 0.25) is 0 Å². The highest BCUT2D eigenvalue weighted by molar-refractivity contribution is 5.89. The van der Waals surface area contributed by atoms with E-state index in [0.29, 0.717) is 11.3 Å². The molecule has 1 aromatic rings. The van der Waals surface area contributed by atoms with Gasteiger partial charge in [-0.25, -0.2) is 4.79 Å². The Bertz CT molecular complexity index is 426. The number of carboxylic acids is 1. The fourth-order valence-electron chi connectivity index (χ4n) is 1.78. The quantitative estimate of drug-likeness (QED) is 0.904. The minimum absolute atomic E-state index is 0. The van der Waals surface area contributed by atoms with Gasteiger partial charge in [0.2, 0.25) is 0 Å². The average molecular weight is 308 g/mol. The molecule has 0 unspecified atom stereocenters. The molecule has 1 aromatic heterocycles. The van der Waals surface area contributed by atoms with Gasteiger partial charge in [0.15, 0.2) is 0 Å². The summed E-state index contributed by atoms with van der Waals surface area (Å²) in [6, 6.07) is 3.49. The van der Waals surface area contributed by atoms with Crippen LogP contribution in [0.4, 0.5) is 0 Å². The third-order valence-corrected chi connectivity index (χ3v) is 2.47. The molecule has 0 fully saturated rings. The van der Waals surface area contributed by atoms with E-state index in [9.17, 15) is 4.79 Å². The SMILES string of the molecule is CC(C)c1nc(CC(C)(C)C)ccc1C(=O)O.Cl.Cl. The van der Waals surface area contributed by atoms with Crippen molar-refractivity contribution in [2.24, 2.45) is 5.41 Å². The van der Waals surface area contributed by atoms with Crippen LogP contribution in [0.5, 0.6) is 0 Å². The van der Waals surface area contributed by atoms with Crippen molar-refractivity contribution >= 4 is 30.8 Å². The van der Waals surface area contributed by atoms with Crippen LogP contribution < -0.4 is 0 Å². The maximum Gasteiger partial charge on any atom is 0.337 e. The molecule has 0 aliphatic carbocycles. The van der Waals surface area contributed by atoms with Crippen molar-refractivity contribution in [2.75, 3.05) is 0 Å². The van der Waals surface area contributed by atoms with Gasteiger partial charge in [-0.1, -0.05) is 34.6 Å². The lowest BCUT2D eigenvalue weighted by Crippen LogP contribution is -2.13. The Kier molecular flexibility index (Phi) is 8.32. The van der Waals surface area contributed by atoms with Crippen LogP contribution in [-0.2, 0) is 6.42 Å². The first-order chi connectivity index (χ1) is 7.70. The van der Waals surface area contributed by atoms with E-state index in [1.165, 1.54) is 0 Å². The van der Waals surface area contributed by atoms with Crippen molar-refractivity contribution in [2.45, 2.75) is 47.0 Å². The molecule has 1 rings (SSSR count). The summed E-state index contributed by atoms with van der Waals surface area (Å²) >= 11 is 0. The number of aromatic carboxylic acids is 1. The minimum atomic E-state index is -0.900. The van der Waals surface area contributed by atoms with Crippen LogP contribution in [0.15, 0.2) is 12.1 Å². The van der Waals surface area contributed by atoms with Crippen molar-refractivity contribution < 1.29 is 9.90 Å². The molecule has 0 saturated carbocycles. The fraction of sp³-hybridized carbons (Fsp3) is 0.571. The van der Waals surface area contributed by atoms with Gasteiger partial charge in [0.05, 0.1) is 11.3 Å². The first-order valence-corrected chi connectivity index (χ1v) is 5.94. The summed E-state index contributed by atoms with van der Waals surface area (Å²) in [5, 5.41) is 9.10. The Balaban J connectivity index is 0. The molecule has 3 nitrogen and oxygen atoms in total. The molecule has 0 saturated heterocycles. The van der Waals surface area contributed by atoms with Gasteiger partial charge in [0, 0.05) is 5.69 Å². The molecule has 0 atom stereocenters. The average Bonchev–Trinajstić information content (AvgIpc) is 2.14. The van der Waals surface area contributed by atoms with E-state index >= 15 is 0 Å². The number of rotatable bonds is 3. The second-order valence-electron chi connectivity index (χ2n) is 5.93. The number of aromatic nitrogens is 1. The fourth-order valence-corrected chi connectivity index (χ4v) is 1.78. The van der Waals surface area contributed by atoms with Gasteiger partial charge in [0.1, 0.15) is 0 Å². The number of pyridine rings is 1. The Morgan fingerprint density at radius 1 is 1.26 bits per heavy atom. The number of carbonyl (C=O) groups is 1. The standard InChI is InChI=1S/C14H21NO2.2ClH/c1-9(2)12-11(13(16)17)7-6-10(15-12)8-14(3,4)5;;/h6-7,9H,8H2,1-5H3,(H,16,17);2*1H. The van der Waals surface area contributed by atoms with Gasteiger partial charge in [0.25, 0.3) is 0 Å². The molecule has 110 valence electrons. The van der Waals surface area contributed by atoms with Crippen LogP contribution in [0.1, 0.15) is 62.3 Å². The van der Waals surface area contributed by atoms with Crippen LogP contribution in [0, 0.1) is 5.41 Å². The van der Waals surface area contributed by atoms with E-state index in [4.69, 9.17) is 5.11 Å². The number of carboxylic acid groups (broad SMARTS) is 1. The molecule has 1 N–H and O–H groups in total. The van der Waals surface area contributed by atoms with Crippen molar-refractivity contribution in [1.82, 2.24) is 4.98 Å². The Morgan fingerprint density at radius 2 is 1.79 bits per heavy atom. The van der Waals surface area contributed by atoms with Crippen LogP contribution in [0.25, 0.3) is 0 Å². The second kappa shape index (κ2) is 7.71. The lowest BCUT2D eigenvalue weighted by molar-refractivity contribution is 0.0694. The summed E-state index contributed by atoms with van der Waals surface area (Å²) in [6.45, 7) is 10.4. The highest BCUT2D eigenvalue weighted by atomic mass is 35.5. The Morgan fingerprint density at radius 3 is 2.16 bits per heavy atom.